The smallest absolute Gasteiger partial charge is 0.137 e. The van der Waals surface area contributed by atoms with Crippen molar-refractivity contribution in [1.29, 1.82) is 0 Å². The van der Waals surface area contributed by atoms with Gasteiger partial charge in [0.05, 0.1) is 5.69 Å². The molecule has 1 aliphatic carbocycles. The molecular weight excluding hydrogens is 683 g/mol. The van der Waals surface area contributed by atoms with Gasteiger partial charge in [0.25, 0.3) is 0 Å². The molecule has 11 aromatic rings. The molecule has 0 bridgehead atoms. The molecule has 2 aromatic heterocycles. The van der Waals surface area contributed by atoms with E-state index < -0.39 is 0 Å². The van der Waals surface area contributed by atoms with Gasteiger partial charge >= 0.3 is 0 Å². The minimum absolute atomic E-state index is 0.163. The summed E-state index contributed by atoms with van der Waals surface area (Å²) in [5.41, 5.74) is 14.0. The van der Waals surface area contributed by atoms with Crippen LogP contribution in [0.4, 0.5) is 17.1 Å². The largest absolute Gasteiger partial charge is 0.456 e. The summed E-state index contributed by atoms with van der Waals surface area (Å²) in [5, 5.41) is 9.32. The fourth-order valence-corrected chi connectivity index (χ4v) is 9.55. The summed E-state index contributed by atoms with van der Waals surface area (Å²) in [6, 6.07) is 63.7. The van der Waals surface area contributed by atoms with Gasteiger partial charge in [0.2, 0.25) is 0 Å². The lowest BCUT2D eigenvalue weighted by Gasteiger charge is -2.30. The average Bonchev–Trinajstić information content (AvgIpc) is 3.88. The Bertz CT molecular complexity index is 3420. The van der Waals surface area contributed by atoms with E-state index in [4.69, 9.17) is 8.83 Å². The summed E-state index contributed by atoms with van der Waals surface area (Å²) in [5.74, 6) is 0. The maximum atomic E-state index is 6.60. The molecule has 0 unspecified atom stereocenters. The van der Waals surface area contributed by atoms with Crippen molar-refractivity contribution in [1.82, 2.24) is 0 Å². The Morgan fingerprint density at radius 3 is 1.91 bits per heavy atom. The molecular formula is C53H35NO2. The molecule has 0 N–H and O–H groups in total. The molecule has 0 radical (unpaired) electrons. The first-order chi connectivity index (χ1) is 27.5. The number of anilines is 3. The Morgan fingerprint density at radius 2 is 1.04 bits per heavy atom. The van der Waals surface area contributed by atoms with Crippen LogP contribution in [0, 0.1) is 0 Å². The second-order valence-corrected chi connectivity index (χ2v) is 15.7. The van der Waals surface area contributed by atoms with Gasteiger partial charge in [-0.2, -0.15) is 0 Å². The molecule has 0 atom stereocenters. The first kappa shape index (κ1) is 31.3. The molecule has 0 fully saturated rings. The number of furan rings is 2. The van der Waals surface area contributed by atoms with Gasteiger partial charge < -0.3 is 13.7 Å². The van der Waals surface area contributed by atoms with E-state index in [0.717, 1.165) is 72.1 Å². The monoisotopic (exact) mass is 717 g/mol. The zero-order valence-electron chi connectivity index (χ0n) is 31.0. The summed E-state index contributed by atoms with van der Waals surface area (Å²) in [6.07, 6.45) is 0. The number of fused-ring (bicyclic) bond motifs is 12. The third-order valence-electron chi connectivity index (χ3n) is 12.2. The van der Waals surface area contributed by atoms with Gasteiger partial charge in [0.1, 0.15) is 22.3 Å². The van der Waals surface area contributed by atoms with E-state index in [1.165, 1.54) is 43.8 Å². The van der Waals surface area contributed by atoms with Crippen molar-refractivity contribution < 1.29 is 8.83 Å². The lowest BCUT2D eigenvalue weighted by atomic mass is 9.82. The first-order valence-corrected chi connectivity index (χ1v) is 19.3. The number of hydrogen-bond acceptors (Lipinski definition) is 3. The van der Waals surface area contributed by atoms with Crippen LogP contribution in [0.5, 0.6) is 0 Å². The number of benzene rings is 9. The summed E-state index contributed by atoms with van der Waals surface area (Å²) >= 11 is 0. The highest BCUT2D eigenvalue weighted by Gasteiger charge is 2.36. The molecule has 2 heterocycles. The molecule has 12 rings (SSSR count). The van der Waals surface area contributed by atoms with E-state index in [0.29, 0.717) is 0 Å². The van der Waals surface area contributed by atoms with Crippen LogP contribution < -0.4 is 4.90 Å². The molecule has 0 amide bonds. The highest BCUT2D eigenvalue weighted by Crippen LogP contribution is 2.53. The lowest BCUT2D eigenvalue weighted by Crippen LogP contribution is -2.17. The van der Waals surface area contributed by atoms with Crippen molar-refractivity contribution in [2.75, 3.05) is 4.90 Å². The number of para-hydroxylation sites is 2. The Labute approximate surface area is 323 Å². The van der Waals surface area contributed by atoms with Crippen molar-refractivity contribution in [2.45, 2.75) is 19.3 Å². The minimum Gasteiger partial charge on any atom is -0.456 e. The van der Waals surface area contributed by atoms with Gasteiger partial charge in [-0.3, -0.25) is 0 Å². The molecule has 9 aromatic carbocycles. The summed E-state index contributed by atoms with van der Waals surface area (Å²) in [6.45, 7) is 4.70. The van der Waals surface area contributed by atoms with Crippen LogP contribution in [0.3, 0.4) is 0 Å². The summed E-state index contributed by atoms with van der Waals surface area (Å²) < 4.78 is 13.1. The lowest BCUT2D eigenvalue weighted by molar-refractivity contribution is 0.660. The van der Waals surface area contributed by atoms with Gasteiger partial charge in [-0.25, -0.2) is 0 Å². The molecule has 1 aliphatic rings. The third kappa shape index (κ3) is 4.40. The number of nitrogens with zero attached hydrogens (tertiary/aromatic N) is 1. The van der Waals surface area contributed by atoms with Crippen molar-refractivity contribution >= 4 is 82.5 Å². The molecule has 264 valence electrons. The van der Waals surface area contributed by atoms with Crippen molar-refractivity contribution in [2.24, 2.45) is 0 Å². The highest BCUT2D eigenvalue weighted by atomic mass is 16.3. The maximum absolute atomic E-state index is 6.60. The van der Waals surface area contributed by atoms with Gasteiger partial charge in [0, 0.05) is 50.0 Å². The van der Waals surface area contributed by atoms with E-state index >= 15 is 0 Å². The molecule has 3 heteroatoms. The van der Waals surface area contributed by atoms with Crippen molar-refractivity contribution in [3.63, 3.8) is 0 Å². The highest BCUT2D eigenvalue weighted by molar-refractivity contribution is 6.18. The molecule has 56 heavy (non-hydrogen) atoms. The maximum Gasteiger partial charge on any atom is 0.137 e. The van der Waals surface area contributed by atoms with E-state index in [1.54, 1.807) is 0 Å². The van der Waals surface area contributed by atoms with E-state index in [2.05, 4.69) is 176 Å². The Morgan fingerprint density at radius 1 is 0.411 bits per heavy atom. The van der Waals surface area contributed by atoms with Gasteiger partial charge in [0.15, 0.2) is 0 Å². The fraction of sp³-hybridized carbons (Fsp3) is 0.0566. The summed E-state index contributed by atoms with van der Waals surface area (Å²) in [4.78, 5) is 2.43. The standard InChI is InChI=1S/C53H35NO2/c1-53(2)44-16-8-5-13-38(44)39-25-23-35(30-45(39)53)54(36-24-26-41-40-14-6-9-17-47(40)56-50(41)31-36)46-27-28-49-52(42-15-7-10-18-48(42)55-49)51(46)34-22-21-33-20-19-32-11-3-4-12-37(32)43(33)29-34/h3-31H,1-2H3. The number of rotatable bonds is 4. The molecule has 0 spiro atoms. The zero-order chi connectivity index (χ0) is 37.1. The van der Waals surface area contributed by atoms with Gasteiger partial charge in [-0.1, -0.05) is 129 Å². The van der Waals surface area contributed by atoms with Crippen LogP contribution in [-0.4, -0.2) is 0 Å². The van der Waals surface area contributed by atoms with Crippen LogP contribution >= 0.6 is 0 Å². The van der Waals surface area contributed by atoms with Crippen LogP contribution in [0.25, 0.3) is 87.7 Å². The number of hydrogen-bond donors (Lipinski definition) is 0. The van der Waals surface area contributed by atoms with Gasteiger partial charge in [-0.05, 0) is 104 Å². The second kappa shape index (κ2) is 11.5. The Kier molecular flexibility index (Phi) is 6.40. The molecule has 0 aliphatic heterocycles. The topological polar surface area (TPSA) is 29.5 Å². The van der Waals surface area contributed by atoms with Crippen LogP contribution in [0.1, 0.15) is 25.0 Å². The van der Waals surface area contributed by atoms with Gasteiger partial charge in [-0.15, -0.1) is 0 Å². The van der Waals surface area contributed by atoms with Crippen LogP contribution in [0.15, 0.2) is 185 Å². The average molecular weight is 718 g/mol. The summed E-state index contributed by atoms with van der Waals surface area (Å²) in [7, 11) is 0. The van der Waals surface area contributed by atoms with E-state index in [9.17, 15) is 0 Å². The Balaban J connectivity index is 1.18. The zero-order valence-corrected chi connectivity index (χ0v) is 31.0. The fourth-order valence-electron chi connectivity index (χ4n) is 9.55. The first-order valence-electron chi connectivity index (χ1n) is 19.3. The molecule has 0 saturated carbocycles. The third-order valence-corrected chi connectivity index (χ3v) is 12.2. The SMILES string of the molecule is CC1(C)c2ccccc2-c2ccc(N(c3ccc4c(c3)oc3ccccc34)c3ccc4oc5ccccc5c4c3-c3ccc4ccc5ccccc5c4c3)cc21. The predicted octanol–water partition coefficient (Wildman–Crippen LogP) is 15.2. The molecule has 0 saturated heterocycles. The Hall–Kier alpha value is -7.10. The van der Waals surface area contributed by atoms with Crippen molar-refractivity contribution in [3.8, 4) is 22.3 Å². The minimum atomic E-state index is -0.163. The second-order valence-electron chi connectivity index (χ2n) is 15.7. The van der Waals surface area contributed by atoms with E-state index in [-0.39, 0.29) is 5.41 Å². The van der Waals surface area contributed by atoms with E-state index in [1.807, 2.05) is 18.2 Å². The van der Waals surface area contributed by atoms with Crippen molar-refractivity contribution in [3.05, 3.63) is 187 Å². The molecule has 3 nitrogen and oxygen atoms in total. The van der Waals surface area contributed by atoms with Crippen LogP contribution in [0.2, 0.25) is 0 Å². The van der Waals surface area contributed by atoms with Crippen LogP contribution in [-0.2, 0) is 5.41 Å². The quantitative estimate of drug-likeness (QED) is 0.170. The predicted molar refractivity (Wildman–Crippen MR) is 234 cm³/mol. The normalized spacial score (nSPS) is 13.3.